The zero-order chi connectivity index (χ0) is 30.6. The molecule has 10 heteroatoms. The van der Waals surface area contributed by atoms with Crippen LogP contribution in [0.5, 0.6) is 0 Å². The van der Waals surface area contributed by atoms with E-state index in [4.69, 9.17) is 5.73 Å². The van der Waals surface area contributed by atoms with Gasteiger partial charge in [0.25, 0.3) is 0 Å². The van der Waals surface area contributed by atoms with Crippen LogP contribution in [0.2, 0.25) is 0 Å². The summed E-state index contributed by atoms with van der Waals surface area (Å²) < 4.78 is 0. The normalized spacial score (nSPS) is 14.8. The molecule has 2 amide bonds. The fraction of sp³-hybridized carbons (Fsp3) is 0.333. The maximum atomic E-state index is 12.5. The molecule has 43 heavy (non-hydrogen) atoms. The average molecular weight is 581 g/mol. The van der Waals surface area contributed by atoms with Gasteiger partial charge >= 0.3 is 0 Å². The predicted octanol–water partition coefficient (Wildman–Crippen LogP) is 3.27. The van der Waals surface area contributed by atoms with Crippen molar-refractivity contribution < 1.29 is 9.59 Å². The summed E-state index contributed by atoms with van der Waals surface area (Å²) in [7, 11) is 4.03. The minimum atomic E-state index is -0.157. The molecule has 2 heterocycles. The first-order chi connectivity index (χ1) is 20.9. The van der Waals surface area contributed by atoms with Crippen molar-refractivity contribution in [2.75, 3.05) is 38.6 Å². The van der Waals surface area contributed by atoms with Crippen molar-refractivity contribution in [1.29, 1.82) is 0 Å². The van der Waals surface area contributed by atoms with Crippen LogP contribution in [0.3, 0.4) is 0 Å². The Morgan fingerprint density at radius 3 is 2.70 bits per heavy atom. The molecule has 0 aliphatic carbocycles. The Morgan fingerprint density at radius 1 is 1.21 bits per heavy atom. The largest absolute Gasteiger partial charge is 0.386 e. The second-order valence-electron chi connectivity index (χ2n) is 10.5. The monoisotopic (exact) mass is 580 g/mol. The second kappa shape index (κ2) is 15.4. The highest BCUT2D eigenvalue weighted by Crippen LogP contribution is 2.30. The number of nitrogens with zero attached hydrogens (tertiary/aromatic N) is 4. The van der Waals surface area contributed by atoms with E-state index < -0.39 is 0 Å². The van der Waals surface area contributed by atoms with Gasteiger partial charge in [-0.05, 0) is 61.2 Å². The molecule has 0 saturated carbocycles. The average Bonchev–Trinajstić information content (AvgIpc) is 3.73. The van der Waals surface area contributed by atoms with Crippen molar-refractivity contribution in [3.8, 4) is 34.2 Å². The standard InChI is InChI=1S/C33H40N8O2/c1-4-18-41(32(43)21-35-23-42)22-31-38-20-30(39-31)26-11-10-24(8-5-6-16-37-33(34)29-9-7-17-36-29)28(19-26)25-12-14-27(15-13-25)40(2)3/h6,10-16,19-20,23,29,36H,4,7,9,17-18,21-22H2,1-3H3,(H2,34,37)(H,35,42)(H,38,39)/b16-6+. The maximum Gasteiger partial charge on any atom is 0.242 e. The molecule has 0 radical (unpaired) electrons. The maximum absolute atomic E-state index is 12.5. The number of carbonyl (C=O) groups is 2. The van der Waals surface area contributed by atoms with Gasteiger partial charge in [0.1, 0.15) is 11.7 Å². The first-order valence-electron chi connectivity index (χ1n) is 14.5. The Morgan fingerprint density at radius 2 is 2.00 bits per heavy atom. The van der Waals surface area contributed by atoms with Crippen LogP contribution in [0.25, 0.3) is 22.4 Å². The number of amides is 2. The number of allylic oxidation sites excluding steroid dienone is 1. The summed E-state index contributed by atoms with van der Waals surface area (Å²) in [5, 5.41) is 5.78. The number of hydrogen-bond donors (Lipinski definition) is 4. The van der Waals surface area contributed by atoms with E-state index in [0.717, 1.165) is 59.4 Å². The van der Waals surface area contributed by atoms with Crippen LogP contribution in [0.1, 0.15) is 37.6 Å². The highest BCUT2D eigenvalue weighted by molar-refractivity contribution is 5.86. The van der Waals surface area contributed by atoms with E-state index in [2.05, 4.69) is 72.7 Å². The molecule has 0 spiro atoms. The van der Waals surface area contributed by atoms with E-state index in [1.54, 1.807) is 23.4 Å². The van der Waals surface area contributed by atoms with E-state index in [1.165, 1.54) is 0 Å². The summed E-state index contributed by atoms with van der Waals surface area (Å²) in [5.74, 6) is 7.47. The van der Waals surface area contributed by atoms with Gasteiger partial charge in [-0.3, -0.25) is 9.59 Å². The van der Waals surface area contributed by atoms with Gasteiger partial charge in [-0.25, -0.2) is 9.98 Å². The number of aliphatic imine (C=N–C) groups is 1. The molecule has 2 aromatic carbocycles. The smallest absolute Gasteiger partial charge is 0.242 e. The van der Waals surface area contributed by atoms with Gasteiger partial charge in [0.2, 0.25) is 12.3 Å². The van der Waals surface area contributed by atoms with Crippen molar-refractivity contribution in [2.24, 2.45) is 10.7 Å². The Labute approximate surface area is 253 Å². The molecular formula is C33H40N8O2. The molecule has 1 aliphatic rings. The van der Waals surface area contributed by atoms with E-state index in [9.17, 15) is 9.59 Å². The molecule has 4 rings (SSSR count). The topological polar surface area (TPSA) is 132 Å². The number of nitrogens with one attached hydrogen (secondary N) is 3. The molecule has 10 nitrogen and oxygen atoms in total. The molecule has 5 N–H and O–H groups in total. The lowest BCUT2D eigenvalue weighted by Crippen LogP contribution is -2.38. The van der Waals surface area contributed by atoms with Crippen molar-refractivity contribution >= 4 is 23.8 Å². The molecular weight excluding hydrogens is 540 g/mol. The number of hydrogen-bond acceptors (Lipinski definition) is 6. The zero-order valence-electron chi connectivity index (χ0n) is 25.1. The number of carbonyl (C=O) groups excluding carboxylic acids is 2. The number of anilines is 1. The van der Waals surface area contributed by atoms with Crippen LogP contribution < -0.4 is 21.3 Å². The lowest BCUT2D eigenvalue weighted by molar-refractivity contribution is -0.132. The number of amidine groups is 1. The van der Waals surface area contributed by atoms with Gasteiger partial charge < -0.3 is 31.2 Å². The Balaban J connectivity index is 1.60. The zero-order valence-corrected chi connectivity index (χ0v) is 25.1. The van der Waals surface area contributed by atoms with Crippen LogP contribution in [-0.4, -0.2) is 72.8 Å². The summed E-state index contributed by atoms with van der Waals surface area (Å²) >= 11 is 0. The van der Waals surface area contributed by atoms with Crippen molar-refractivity contribution in [3.05, 3.63) is 72.3 Å². The Bertz CT molecular complexity index is 1510. The first-order valence-corrected chi connectivity index (χ1v) is 14.5. The number of benzene rings is 2. The first kappa shape index (κ1) is 31.1. The SMILES string of the molecule is CCCN(Cc1ncc(-c2ccc(C#C/C=C/N=C(N)C3CCCN3)c(-c3ccc(N(C)C)cc3)c2)[nH]1)C(=O)CNC=O. The van der Waals surface area contributed by atoms with Crippen LogP contribution in [0.4, 0.5) is 5.69 Å². The van der Waals surface area contributed by atoms with Crippen molar-refractivity contribution in [1.82, 2.24) is 25.5 Å². The van der Waals surface area contributed by atoms with Gasteiger partial charge in [-0.1, -0.05) is 37.0 Å². The van der Waals surface area contributed by atoms with Gasteiger partial charge in [0, 0.05) is 49.7 Å². The van der Waals surface area contributed by atoms with Gasteiger partial charge in [0.15, 0.2) is 0 Å². The third-order valence-corrected chi connectivity index (χ3v) is 7.18. The van der Waals surface area contributed by atoms with E-state index in [0.29, 0.717) is 31.2 Å². The minimum absolute atomic E-state index is 0.0395. The minimum Gasteiger partial charge on any atom is -0.386 e. The summed E-state index contributed by atoms with van der Waals surface area (Å²) in [6.07, 6.45) is 8.57. The van der Waals surface area contributed by atoms with E-state index in [-0.39, 0.29) is 18.5 Å². The third kappa shape index (κ3) is 8.56. The summed E-state index contributed by atoms with van der Waals surface area (Å²) in [5.41, 5.74) is 11.9. The van der Waals surface area contributed by atoms with E-state index >= 15 is 0 Å². The van der Waals surface area contributed by atoms with Gasteiger partial charge in [0.05, 0.1) is 31.0 Å². The Hall–Kier alpha value is -4.88. The van der Waals surface area contributed by atoms with Crippen molar-refractivity contribution in [2.45, 2.75) is 38.8 Å². The van der Waals surface area contributed by atoms with Crippen LogP contribution in [-0.2, 0) is 16.1 Å². The molecule has 224 valence electrons. The highest BCUT2D eigenvalue weighted by Gasteiger charge is 2.17. The van der Waals surface area contributed by atoms with Gasteiger partial charge in [-0.15, -0.1) is 0 Å². The van der Waals surface area contributed by atoms with E-state index in [1.807, 2.05) is 33.2 Å². The third-order valence-electron chi connectivity index (χ3n) is 7.18. The molecule has 1 fully saturated rings. The summed E-state index contributed by atoms with van der Waals surface area (Å²) in [6, 6.07) is 14.6. The fourth-order valence-electron chi connectivity index (χ4n) is 4.88. The quantitative estimate of drug-likeness (QED) is 0.113. The number of rotatable bonds is 12. The predicted molar refractivity (Wildman–Crippen MR) is 172 cm³/mol. The molecule has 1 aromatic heterocycles. The van der Waals surface area contributed by atoms with Gasteiger partial charge in [-0.2, -0.15) is 0 Å². The molecule has 3 aromatic rings. The Kier molecular flexibility index (Phi) is 11.1. The fourth-order valence-corrected chi connectivity index (χ4v) is 4.88. The summed E-state index contributed by atoms with van der Waals surface area (Å²) in [6.45, 7) is 3.83. The summed E-state index contributed by atoms with van der Waals surface area (Å²) in [4.78, 5) is 39.2. The lowest BCUT2D eigenvalue weighted by Gasteiger charge is -2.20. The van der Waals surface area contributed by atoms with Crippen LogP contribution >= 0.6 is 0 Å². The van der Waals surface area contributed by atoms with Crippen LogP contribution in [0, 0.1) is 11.8 Å². The molecule has 1 unspecified atom stereocenters. The molecule has 0 bridgehead atoms. The molecule has 1 atom stereocenters. The lowest BCUT2D eigenvalue weighted by atomic mass is 9.96. The second-order valence-corrected chi connectivity index (χ2v) is 10.5. The number of H-pyrrole nitrogens is 1. The van der Waals surface area contributed by atoms with Crippen LogP contribution in [0.15, 0.2) is 65.9 Å². The number of aromatic amines is 1. The molecule has 1 aliphatic heterocycles. The number of imidazole rings is 1. The van der Waals surface area contributed by atoms with Crippen molar-refractivity contribution in [3.63, 3.8) is 0 Å². The highest BCUT2D eigenvalue weighted by atomic mass is 16.2. The molecule has 1 saturated heterocycles. The number of aromatic nitrogens is 2. The number of nitrogens with two attached hydrogens (primary N) is 1.